The molecule has 0 aromatic carbocycles. The Labute approximate surface area is 73.0 Å². The summed E-state index contributed by atoms with van der Waals surface area (Å²) in [6.07, 6.45) is 5.15. The molecule has 0 aromatic heterocycles. The standard InChI is InChI=1S/C9H16O3/c10-5-3-6-11-8-9-4-1-2-7-12-9/h5,9H,1-4,6-8H2. The predicted octanol–water partition coefficient (Wildman–Crippen LogP) is 1.16. The number of hydrogen-bond donors (Lipinski definition) is 0. The number of aldehydes is 1. The number of ether oxygens (including phenoxy) is 2. The van der Waals surface area contributed by atoms with Crippen LogP contribution in [0.15, 0.2) is 0 Å². The van der Waals surface area contributed by atoms with E-state index in [0.717, 1.165) is 19.3 Å². The number of carbonyl (C=O) groups excluding carboxylic acids is 1. The lowest BCUT2D eigenvalue weighted by Gasteiger charge is -2.21. The van der Waals surface area contributed by atoms with Crippen LogP contribution in [0.1, 0.15) is 25.7 Å². The molecule has 0 N–H and O–H groups in total. The third-order valence-electron chi connectivity index (χ3n) is 1.96. The van der Waals surface area contributed by atoms with Gasteiger partial charge in [0, 0.05) is 13.0 Å². The molecule has 1 aliphatic heterocycles. The van der Waals surface area contributed by atoms with Gasteiger partial charge in [-0.1, -0.05) is 0 Å². The highest BCUT2D eigenvalue weighted by atomic mass is 16.5. The molecule has 3 heteroatoms. The first kappa shape index (κ1) is 9.68. The number of hydrogen-bond acceptors (Lipinski definition) is 3. The average Bonchev–Trinajstić information content (AvgIpc) is 2.14. The van der Waals surface area contributed by atoms with E-state index in [1.54, 1.807) is 0 Å². The van der Waals surface area contributed by atoms with E-state index in [-0.39, 0.29) is 6.10 Å². The van der Waals surface area contributed by atoms with Gasteiger partial charge in [-0.05, 0) is 19.3 Å². The fraction of sp³-hybridized carbons (Fsp3) is 0.889. The maximum atomic E-state index is 9.94. The largest absolute Gasteiger partial charge is 0.378 e. The van der Waals surface area contributed by atoms with Crippen molar-refractivity contribution in [2.45, 2.75) is 31.8 Å². The highest BCUT2D eigenvalue weighted by Crippen LogP contribution is 2.12. The van der Waals surface area contributed by atoms with Crippen LogP contribution in [0.3, 0.4) is 0 Å². The SMILES string of the molecule is O=CCCOCC1CCCCO1. The zero-order valence-corrected chi connectivity index (χ0v) is 7.33. The molecule has 1 unspecified atom stereocenters. The molecule has 0 aromatic rings. The van der Waals surface area contributed by atoms with Crippen LogP contribution >= 0.6 is 0 Å². The van der Waals surface area contributed by atoms with Crippen molar-refractivity contribution in [2.75, 3.05) is 19.8 Å². The van der Waals surface area contributed by atoms with Gasteiger partial charge in [-0.2, -0.15) is 0 Å². The summed E-state index contributed by atoms with van der Waals surface area (Å²) in [5.41, 5.74) is 0. The number of rotatable bonds is 5. The Morgan fingerprint density at radius 3 is 3.08 bits per heavy atom. The van der Waals surface area contributed by atoms with Crippen molar-refractivity contribution in [3.05, 3.63) is 0 Å². The summed E-state index contributed by atoms with van der Waals surface area (Å²) >= 11 is 0. The molecule has 1 rings (SSSR count). The molecule has 3 nitrogen and oxygen atoms in total. The first-order chi connectivity index (χ1) is 5.93. The van der Waals surface area contributed by atoms with E-state index in [9.17, 15) is 4.79 Å². The van der Waals surface area contributed by atoms with Crippen LogP contribution in [0.25, 0.3) is 0 Å². The summed E-state index contributed by atoms with van der Waals surface area (Å²) in [7, 11) is 0. The van der Waals surface area contributed by atoms with Crippen molar-refractivity contribution in [1.82, 2.24) is 0 Å². The van der Waals surface area contributed by atoms with E-state index < -0.39 is 0 Å². The smallest absolute Gasteiger partial charge is 0.122 e. The summed E-state index contributed by atoms with van der Waals surface area (Å²) in [4.78, 5) is 9.94. The first-order valence-electron chi connectivity index (χ1n) is 4.56. The van der Waals surface area contributed by atoms with Crippen molar-refractivity contribution >= 4 is 6.29 Å². The fourth-order valence-corrected chi connectivity index (χ4v) is 1.29. The molecule has 1 heterocycles. The second-order valence-electron chi connectivity index (χ2n) is 3.02. The molecule has 12 heavy (non-hydrogen) atoms. The lowest BCUT2D eigenvalue weighted by molar-refractivity contribution is -0.109. The van der Waals surface area contributed by atoms with Gasteiger partial charge in [0.1, 0.15) is 6.29 Å². The Bertz CT molecular complexity index is 119. The monoisotopic (exact) mass is 172 g/mol. The van der Waals surface area contributed by atoms with Crippen LogP contribution in [-0.4, -0.2) is 32.2 Å². The topological polar surface area (TPSA) is 35.5 Å². The zero-order chi connectivity index (χ0) is 8.65. The van der Waals surface area contributed by atoms with Crippen molar-refractivity contribution in [3.63, 3.8) is 0 Å². The van der Waals surface area contributed by atoms with E-state index in [0.29, 0.717) is 19.6 Å². The van der Waals surface area contributed by atoms with Crippen LogP contribution in [-0.2, 0) is 14.3 Å². The van der Waals surface area contributed by atoms with Crippen molar-refractivity contribution in [2.24, 2.45) is 0 Å². The van der Waals surface area contributed by atoms with E-state index in [1.807, 2.05) is 0 Å². The zero-order valence-electron chi connectivity index (χ0n) is 7.33. The molecule has 1 fully saturated rings. The lowest BCUT2D eigenvalue weighted by atomic mass is 10.1. The molecular weight excluding hydrogens is 156 g/mol. The molecule has 0 aliphatic carbocycles. The highest BCUT2D eigenvalue weighted by molar-refractivity contribution is 5.49. The van der Waals surface area contributed by atoms with Gasteiger partial charge in [-0.15, -0.1) is 0 Å². The molecule has 1 aliphatic rings. The minimum atomic E-state index is 0.269. The maximum Gasteiger partial charge on any atom is 0.122 e. The second kappa shape index (κ2) is 6.14. The van der Waals surface area contributed by atoms with E-state index in [2.05, 4.69) is 0 Å². The Morgan fingerprint density at radius 1 is 1.50 bits per heavy atom. The summed E-state index contributed by atoms with van der Waals surface area (Å²) < 4.78 is 10.7. The first-order valence-corrected chi connectivity index (χ1v) is 4.56. The van der Waals surface area contributed by atoms with Crippen LogP contribution < -0.4 is 0 Å². The number of carbonyl (C=O) groups is 1. The van der Waals surface area contributed by atoms with Crippen LogP contribution in [0.5, 0.6) is 0 Å². The molecule has 0 spiro atoms. The quantitative estimate of drug-likeness (QED) is 0.461. The van der Waals surface area contributed by atoms with Gasteiger partial charge in [0.2, 0.25) is 0 Å². The summed E-state index contributed by atoms with van der Waals surface area (Å²) in [6.45, 7) is 2.04. The van der Waals surface area contributed by atoms with Gasteiger partial charge in [-0.3, -0.25) is 0 Å². The fourth-order valence-electron chi connectivity index (χ4n) is 1.29. The predicted molar refractivity (Wildman–Crippen MR) is 45.1 cm³/mol. The third kappa shape index (κ3) is 3.83. The molecular formula is C9H16O3. The molecule has 1 saturated heterocycles. The van der Waals surface area contributed by atoms with Crippen molar-refractivity contribution in [1.29, 1.82) is 0 Å². The minimum absolute atomic E-state index is 0.269. The molecule has 70 valence electrons. The van der Waals surface area contributed by atoms with Crippen LogP contribution in [0, 0.1) is 0 Å². The molecule has 0 bridgehead atoms. The third-order valence-corrected chi connectivity index (χ3v) is 1.96. The highest BCUT2D eigenvalue weighted by Gasteiger charge is 2.12. The Morgan fingerprint density at radius 2 is 2.42 bits per heavy atom. The van der Waals surface area contributed by atoms with Gasteiger partial charge in [-0.25, -0.2) is 0 Å². The van der Waals surface area contributed by atoms with Crippen molar-refractivity contribution in [3.8, 4) is 0 Å². The summed E-state index contributed by atoms with van der Waals surface area (Å²) in [5.74, 6) is 0. The van der Waals surface area contributed by atoms with E-state index >= 15 is 0 Å². The molecule has 0 amide bonds. The molecule has 1 atom stereocenters. The van der Waals surface area contributed by atoms with Gasteiger partial charge in [0.15, 0.2) is 0 Å². The second-order valence-corrected chi connectivity index (χ2v) is 3.02. The van der Waals surface area contributed by atoms with Gasteiger partial charge < -0.3 is 14.3 Å². The lowest BCUT2D eigenvalue weighted by Crippen LogP contribution is -2.24. The van der Waals surface area contributed by atoms with Gasteiger partial charge >= 0.3 is 0 Å². The minimum Gasteiger partial charge on any atom is -0.378 e. The maximum absolute atomic E-state index is 9.94. The van der Waals surface area contributed by atoms with Crippen LogP contribution in [0.4, 0.5) is 0 Å². The Kier molecular flexibility index (Phi) is 4.95. The van der Waals surface area contributed by atoms with Gasteiger partial charge in [0.05, 0.1) is 19.3 Å². The Balaban J connectivity index is 1.94. The Hall–Kier alpha value is -0.410. The summed E-state index contributed by atoms with van der Waals surface area (Å²) in [5, 5.41) is 0. The van der Waals surface area contributed by atoms with Crippen molar-refractivity contribution < 1.29 is 14.3 Å². The van der Waals surface area contributed by atoms with Gasteiger partial charge in [0.25, 0.3) is 0 Å². The van der Waals surface area contributed by atoms with E-state index in [1.165, 1.54) is 12.8 Å². The van der Waals surface area contributed by atoms with E-state index in [4.69, 9.17) is 9.47 Å². The van der Waals surface area contributed by atoms with Crippen LogP contribution in [0.2, 0.25) is 0 Å². The normalized spacial score (nSPS) is 23.8. The molecule has 0 saturated carbocycles. The average molecular weight is 172 g/mol. The molecule has 0 radical (unpaired) electrons. The summed E-state index contributed by atoms with van der Waals surface area (Å²) in [6, 6.07) is 0.